The third kappa shape index (κ3) is 3.54. The van der Waals surface area contributed by atoms with Crippen LogP contribution in [0.1, 0.15) is 44.6 Å². The highest BCUT2D eigenvalue weighted by Crippen LogP contribution is 2.62. The smallest absolute Gasteiger partial charge is 0.310 e. The van der Waals surface area contributed by atoms with Crippen molar-refractivity contribution in [2.24, 2.45) is 23.2 Å². The molecule has 34 heavy (non-hydrogen) atoms. The van der Waals surface area contributed by atoms with Crippen molar-refractivity contribution in [1.82, 2.24) is 9.80 Å². The van der Waals surface area contributed by atoms with E-state index in [0.717, 1.165) is 70.2 Å². The molecule has 0 aromatic heterocycles. The second kappa shape index (κ2) is 7.84. The first kappa shape index (κ1) is 21.5. The lowest BCUT2D eigenvalue weighted by molar-refractivity contribution is -0.147. The summed E-state index contributed by atoms with van der Waals surface area (Å²) in [6.07, 6.45) is 5.94. The highest BCUT2D eigenvalue weighted by atomic mass is 16.7. The maximum absolute atomic E-state index is 13.0. The maximum atomic E-state index is 13.0. The minimum Gasteiger partial charge on any atom is -0.462 e. The third-order valence-corrected chi connectivity index (χ3v) is 9.84. The topological polar surface area (TPSA) is 63.8 Å². The fraction of sp³-hybridized carbons (Fsp3) is 0.741. The lowest BCUT2D eigenvalue weighted by Crippen LogP contribution is -2.52. The molecule has 6 aliphatic rings. The summed E-state index contributed by atoms with van der Waals surface area (Å²) in [5.74, 6) is 2.71. The van der Waals surface area contributed by atoms with Crippen molar-refractivity contribution < 1.29 is 23.7 Å². The summed E-state index contributed by atoms with van der Waals surface area (Å²) in [5.41, 5.74) is 1.65. The molecule has 4 heterocycles. The van der Waals surface area contributed by atoms with Crippen LogP contribution in [0.4, 0.5) is 0 Å². The summed E-state index contributed by atoms with van der Waals surface area (Å²) in [4.78, 5) is 18.0. The Kier molecular flexibility index (Phi) is 4.94. The normalized spacial score (nSPS) is 41.3. The second-order valence-corrected chi connectivity index (χ2v) is 11.9. The Balaban J connectivity index is 0.971. The van der Waals surface area contributed by atoms with Crippen LogP contribution in [0.3, 0.4) is 0 Å². The molecule has 2 aliphatic carbocycles. The lowest BCUT2D eigenvalue weighted by atomic mass is 9.53. The van der Waals surface area contributed by atoms with E-state index in [1.165, 1.54) is 24.8 Å². The van der Waals surface area contributed by atoms with Gasteiger partial charge in [0, 0.05) is 45.2 Å². The number of hydrogen-bond donors (Lipinski definition) is 0. The van der Waals surface area contributed by atoms with Crippen LogP contribution in [-0.4, -0.2) is 73.6 Å². The van der Waals surface area contributed by atoms with Crippen LogP contribution in [0.5, 0.6) is 11.5 Å². The average molecular weight is 469 g/mol. The van der Waals surface area contributed by atoms with E-state index >= 15 is 0 Å². The molecule has 1 aromatic rings. The molecule has 4 aliphatic heterocycles. The first-order valence-electron chi connectivity index (χ1n) is 13.2. The average Bonchev–Trinajstić information content (AvgIpc) is 3.31. The molecule has 6 atom stereocenters. The summed E-state index contributed by atoms with van der Waals surface area (Å²) >= 11 is 0. The molecule has 7 heteroatoms. The zero-order chi connectivity index (χ0) is 22.9. The van der Waals surface area contributed by atoms with Crippen molar-refractivity contribution in [2.45, 2.75) is 57.3 Å². The molecule has 3 saturated heterocycles. The summed E-state index contributed by atoms with van der Waals surface area (Å²) < 4.78 is 23.0. The first-order valence-corrected chi connectivity index (χ1v) is 13.2. The molecule has 0 bridgehead atoms. The third-order valence-electron chi connectivity index (χ3n) is 9.84. The van der Waals surface area contributed by atoms with E-state index in [1.54, 1.807) is 0 Å². The van der Waals surface area contributed by atoms with Gasteiger partial charge in [-0.2, -0.15) is 0 Å². The highest BCUT2D eigenvalue weighted by Gasteiger charge is 2.65. The quantitative estimate of drug-likeness (QED) is 0.497. The minimum atomic E-state index is 0.0210. The molecule has 0 unspecified atom stereocenters. The molecule has 5 fully saturated rings. The Morgan fingerprint density at radius 1 is 1.06 bits per heavy atom. The number of carbonyl (C=O) groups is 1. The zero-order valence-corrected chi connectivity index (χ0v) is 20.2. The van der Waals surface area contributed by atoms with Crippen LogP contribution < -0.4 is 9.47 Å². The lowest BCUT2D eigenvalue weighted by Gasteiger charge is -2.51. The number of epoxide rings is 1. The van der Waals surface area contributed by atoms with Gasteiger partial charge in [-0.15, -0.1) is 0 Å². The van der Waals surface area contributed by atoms with Crippen LogP contribution in [0.25, 0.3) is 0 Å². The van der Waals surface area contributed by atoms with Crippen LogP contribution in [0.2, 0.25) is 0 Å². The molecule has 1 aromatic carbocycles. The van der Waals surface area contributed by atoms with Crippen molar-refractivity contribution in [3.63, 3.8) is 0 Å². The van der Waals surface area contributed by atoms with Crippen molar-refractivity contribution in [2.75, 3.05) is 46.1 Å². The van der Waals surface area contributed by atoms with Gasteiger partial charge in [-0.3, -0.25) is 14.6 Å². The summed E-state index contributed by atoms with van der Waals surface area (Å²) in [5, 5.41) is 0. The standard InChI is InChI=1S/C27H36N2O5/c1-26-5-2-6-27(16-33-27)24(26)12-19-20(25(30)34-23(19)13-26)15-29-9-7-28(8-10-29)14-18-3-4-21-22(11-18)32-17-31-21/h3-4,11,19-20,23-24H,2,5-10,12-17H2,1H3/t19-,20+,23+,24+,26+,27-/m0/s1. The van der Waals surface area contributed by atoms with Gasteiger partial charge in [0.05, 0.1) is 18.1 Å². The highest BCUT2D eigenvalue weighted by molar-refractivity contribution is 5.75. The number of esters is 1. The fourth-order valence-corrected chi connectivity index (χ4v) is 7.87. The van der Waals surface area contributed by atoms with Gasteiger partial charge >= 0.3 is 5.97 Å². The molecule has 0 radical (unpaired) electrons. The number of benzene rings is 1. The molecular formula is C27H36N2O5. The van der Waals surface area contributed by atoms with Crippen LogP contribution in [-0.2, 0) is 20.8 Å². The van der Waals surface area contributed by atoms with E-state index in [9.17, 15) is 4.79 Å². The van der Waals surface area contributed by atoms with Gasteiger partial charge in [0.15, 0.2) is 11.5 Å². The SMILES string of the molecule is C[C@]12CCC[C@]3(CO3)[C@@H]1C[C@@H]1[C@@H](C2)OC(=O)[C@@H]1CN1CCN(Cc2ccc3c(c2)OCO3)CC1. The molecule has 1 spiro atoms. The molecule has 0 N–H and O–H groups in total. The number of rotatable bonds is 4. The van der Waals surface area contributed by atoms with Crippen molar-refractivity contribution >= 4 is 5.97 Å². The Bertz CT molecular complexity index is 972. The molecule has 7 rings (SSSR count). The molecule has 2 saturated carbocycles. The molecular weight excluding hydrogens is 432 g/mol. The molecule has 0 amide bonds. The predicted octanol–water partition coefficient (Wildman–Crippen LogP) is 3.06. The van der Waals surface area contributed by atoms with E-state index in [1.807, 2.05) is 6.07 Å². The van der Waals surface area contributed by atoms with E-state index in [0.29, 0.717) is 18.6 Å². The number of fused-ring (bicyclic) bond motifs is 4. The van der Waals surface area contributed by atoms with Crippen molar-refractivity contribution in [3.8, 4) is 11.5 Å². The molecule has 7 nitrogen and oxygen atoms in total. The van der Waals surface area contributed by atoms with Gasteiger partial charge in [0.25, 0.3) is 0 Å². The van der Waals surface area contributed by atoms with E-state index in [-0.39, 0.29) is 29.0 Å². The number of carbonyl (C=O) groups excluding carboxylic acids is 1. The number of nitrogens with zero attached hydrogens (tertiary/aromatic N) is 2. The van der Waals surface area contributed by atoms with Gasteiger partial charge in [-0.25, -0.2) is 0 Å². The van der Waals surface area contributed by atoms with Gasteiger partial charge in [0.2, 0.25) is 6.79 Å². The number of piperazine rings is 1. The van der Waals surface area contributed by atoms with Gasteiger partial charge in [-0.1, -0.05) is 13.0 Å². The monoisotopic (exact) mass is 468 g/mol. The van der Waals surface area contributed by atoms with Gasteiger partial charge in [0.1, 0.15) is 6.10 Å². The van der Waals surface area contributed by atoms with Crippen LogP contribution >= 0.6 is 0 Å². The maximum Gasteiger partial charge on any atom is 0.310 e. The summed E-state index contributed by atoms with van der Waals surface area (Å²) in [6, 6.07) is 6.24. The Morgan fingerprint density at radius 3 is 2.68 bits per heavy atom. The fourth-order valence-electron chi connectivity index (χ4n) is 7.87. The summed E-state index contributed by atoms with van der Waals surface area (Å²) in [7, 11) is 0. The van der Waals surface area contributed by atoms with Gasteiger partial charge < -0.3 is 18.9 Å². The molecule has 184 valence electrons. The van der Waals surface area contributed by atoms with Crippen LogP contribution in [0, 0.1) is 23.2 Å². The Morgan fingerprint density at radius 2 is 1.85 bits per heavy atom. The van der Waals surface area contributed by atoms with E-state index in [4.69, 9.17) is 18.9 Å². The minimum absolute atomic E-state index is 0.0210. The van der Waals surface area contributed by atoms with Crippen LogP contribution in [0.15, 0.2) is 18.2 Å². The summed E-state index contributed by atoms with van der Waals surface area (Å²) in [6.45, 7) is 9.46. The Hall–Kier alpha value is -1.83. The number of ether oxygens (including phenoxy) is 4. The second-order valence-electron chi connectivity index (χ2n) is 11.9. The van der Waals surface area contributed by atoms with E-state index in [2.05, 4.69) is 28.9 Å². The van der Waals surface area contributed by atoms with Crippen molar-refractivity contribution in [1.29, 1.82) is 0 Å². The largest absolute Gasteiger partial charge is 0.462 e. The van der Waals surface area contributed by atoms with E-state index < -0.39 is 0 Å². The van der Waals surface area contributed by atoms with Gasteiger partial charge in [-0.05, 0) is 61.1 Å². The van der Waals surface area contributed by atoms with Crippen molar-refractivity contribution in [3.05, 3.63) is 23.8 Å². The Labute approximate surface area is 201 Å². The first-order chi connectivity index (χ1) is 16.5. The zero-order valence-electron chi connectivity index (χ0n) is 20.2. The predicted molar refractivity (Wildman–Crippen MR) is 125 cm³/mol. The number of hydrogen-bond acceptors (Lipinski definition) is 7.